The van der Waals surface area contributed by atoms with Crippen molar-refractivity contribution in [1.29, 1.82) is 0 Å². The molecule has 0 bridgehead atoms. The van der Waals surface area contributed by atoms with E-state index in [1.165, 1.54) is 5.56 Å². The third-order valence-electron chi connectivity index (χ3n) is 5.70. The Morgan fingerprint density at radius 1 is 1.00 bits per heavy atom. The van der Waals surface area contributed by atoms with Crippen LogP contribution in [0.3, 0.4) is 0 Å². The zero-order valence-electron chi connectivity index (χ0n) is 15.6. The number of carbonyl (C=O) groups excluding carboxylic acids is 1. The number of hydrogen-bond donors (Lipinski definition) is 0. The predicted molar refractivity (Wildman–Crippen MR) is 107 cm³/mol. The van der Waals surface area contributed by atoms with Crippen molar-refractivity contribution in [2.24, 2.45) is 0 Å². The van der Waals surface area contributed by atoms with Gasteiger partial charge in [-0.2, -0.15) is 0 Å². The number of anilines is 1. The second kappa shape index (κ2) is 6.68. The van der Waals surface area contributed by atoms with Gasteiger partial charge in [-0.05, 0) is 42.2 Å². The molecule has 0 radical (unpaired) electrons. The van der Waals surface area contributed by atoms with Gasteiger partial charge in [0.25, 0.3) is 0 Å². The van der Waals surface area contributed by atoms with Crippen LogP contribution in [-0.4, -0.2) is 42.9 Å². The molecule has 2 saturated heterocycles. The fourth-order valence-corrected chi connectivity index (χ4v) is 6.08. The summed E-state index contributed by atoms with van der Waals surface area (Å²) in [5, 5.41) is 0. The molecule has 0 saturated carbocycles. The zero-order chi connectivity index (χ0) is 19.2. The summed E-state index contributed by atoms with van der Waals surface area (Å²) in [6, 6.07) is 15.1. The van der Waals surface area contributed by atoms with E-state index < -0.39 is 9.84 Å². The van der Waals surface area contributed by atoms with Gasteiger partial charge < -0.3 is 4.90 Å². The van der Waals surface area contributed by atoms with Crippen LogP contribution in [-0.2, 0) is 22.8 Å². The Labute approximate surface area is 160 Å². The van der Waals surface area contributed by atoms with Crippen molar-refractivity contribution in [3.8, 4) is 0 Å². The van der Waals surface area contributed by atoms with Crippen LogP contribution in [0, 0.1) is 6.92 Å². The van der Waals surface area contributed by atoms with Gasteiger partial charge >= 0.3 is 6.03 Å². The lowest BCUT2D eigenvalue weighted by Crippen LogP contribution is -2.37. The first-order valence-corrected chi connectivity index (χ1v) is 11.2. The monoisotopic (exact) mass is 384 g/mol. The number of carbonyl (C=O) groups is 1. The molecule has 4 rings (SSSR count). The summed E-state index contributed by atoms with van der Waals surface area (Å²) >= 11 is 0. The smallest absolute Gasteiger partial charge is 0.314 e. The van der Waals surface area contributed by atoms with Gasteiger partial charge in [0, 0.05) is 12.2 Å². The Bertz CT molecular complexity index is 969. The Hall–Kier alpha value is -2.34. The molecule has 0 aromatic heterocycles. The van der Waals surface area contributed by atoms with E-state index in [1.54, 1.807) is 9.80 Å². The van der Waals surface area contributed by atoms with E-state index in [0.717, 1.165) is 23.2 Å². The Morgan fingerprint density at radius 3 is 2.33 bits per heavy atom. The highest BCUT2D eigenvalue weighted by Gasteiger charge is 2.53. The van der Waals surface area contributed by atoms with Gasteiger partial charge in [-0.1, -0.05) is 43.3 Å². The van der Waals surface area contributed by atoms with Crippen LogP contribution >= 0.6 is 0 Å². The van der Waals surface area contributed by atoms with Gasteiger partial charge in [-0.15, -0.1) is 0 Å². The number of nitrogens with zero attached hydrogens (tertiary/aromatic N) is 2. The maximum absolute atomic E-state index is 13.3. The van der Waals surface area contributed by atoms with Gasteiger partial charge in [0.1, 0.15) is 0 Å². The lowest BCUT2D eigenvalue weighted by Gasteiger charge is -2.23. The van der Waals surface area contributed by atoms with E-state index in [4.69, 9.17) is 0 Å². The first-order chi connectivity index (χ1) is 12.9. The number of rotatable bonds is 4. The van der Waals surface area contributed by atoms with Crippen LogP contribution in [0.1, 0.15) is 23.6 Å². The van der Waals surface area contributed by atoms with Crippen molar-refractivity contribution in [2.75, 3.05) is 16.4 Å². The van der Waals surface area contributed by atoms with Crippen LogP contribution in [0.25, 0.3) is 0 Å². The van der Waals surface area contributed by atoms with Crippen molar-refractivity contribution < 1.29 is 13.2 Å². The van der Waals surface area contributed by atoms with Gasteiger partial charge in [0.2, 0.25) is 0 Å². The summed E-state index contributed by atoms with van der Waals surface area (Å²) in [5.74, 6) is 0.0715. The minimum absolute atomic E-state index is 0.0310. The summed E-state index contributed by atoms with van der Waals surface area (Å²) in [7, 11) is -3.15. The molecule has 2 aromatic carbocycles. The van der Waals surface area contributed by atoms with Crippen molar-refractivity contribution in [1.82, 2.24) is 4.90 Å². The minimum Gasteiger partial charge on any atom is -0.314 e. The quantitative estimate of drug-likeness (QED) is 0.761. The molecule has 2 aliphatic heterocycles. The highest BCUT2D eigenvalue weighted by atomic mass is 32.2. The average molecular weight is 385 g/mol. The molecule has 2 aliphatic rings. The third kappa shape index (κ3) is 3.23. The molecule has 2 heterocycles. The molecule has 2 unspecified atom stereocenters. The molecular weight excluding hydrogens is 360 g/mol. The maximum atomic E-state index is 13.3. The van der Waals surface area contributed by atoms with Crippen molar-refractivity contribution in [2.45, 2.75) is 38.9 Å². The maximum Gasteiger partial charge on any atom is 0.325 e. The SMILES string of the molecule is CCc1ccc(N2C(=O)N(Cc3ccccc3C)C3CS(=O)(=O)CC32)cc1. The minimum atomic E-state index is -3.15. The molecule has 0 aliphatic carbocycles. The van der Waals surface area contributed by atoms with Crippen LogP contribution in [0.5, 0.6) is 0 Å². The number of urea groups is 1. The number of amides is 2. The highest BCUT2D eigenvalue weighted by Crippen LogP contribution is 2.36. The molecule has 2 atom stereocenters. The molecule has 5 nitrogen and oxygen atoms in total. The second-order valence-corrected chi connectivity index (χ2v) is 9.59. The van der Waals surface area contributed by atoms with E-state index in [1.807, 2.05) is 55.5 Å². The number of sulfone groups is 1. The van der Waals surface area contributed by atoms with Crippen LogP contribution in [0.4, 0.5) is 10.5 Å². The van der Waals surface area contributed by atoms with Gasteiger partial charge in [-0.25, -0.2) is 13.2 Å². The topological polar surface area (TPSA) is 57.7 Å². The Morgan fingerprint density at radius 2 is 1.67 bits per heavy atom. The molecule has 0 N–H and O–H groups in total. The van der Waals surface area contributed by atoms with Crippen molar-refractivity contribution >= 4 is 21.6 Å². The van der Waals surface area contributed by atoms with E-state index in [9.17, 15) is 13.2 Å². The summed E-state index contributed by atoms with van der Waals surface area (Å²) in [6.07, 6.45) is 0.925. The first-order valence-electron chi connectivity index (χ1n) is 9.33. The Balaban J connectivity index is 1.70. The summed E-state index contributed by atoms with van der Waals surface area (Å²) in [5.41, 5.74) is 4.12. The number of fused-ring (bicyclic) bond motifs is 1. The van der Waals surface area contributed by atoms with E-state index >= 15 is 0 Å². The fourth-order valence-electron chi connectivity index (χ4n) is 4.13. The molecule has 2 fully saturated rings. The summed E-state index contributed by atoms with van der Waals surface area (Å²) in [6.45, 7) is 4.53. The lowest BCUT2D eigenvalue weighted by atomic mass is 10.1. The second-order valence-electron chi connectivity index (χ2n) is 7.44. The van der Waals surface area contributed by atoms with Crippen molar-refractivity contribution in [3.05, 3.63) is 65.2 Å². The summed E-state index contributed by atoms with van der Waals surface area (Å²) < 4.78 is 24.7. The average Bonchev–Trinajstić information content (AvgIpc) is 3.07. The van der Waals surface area contributed by atoms with Gasteiger partial charge in [0.15, 0.2) is 9.84 Å². The van der Waals surface area contributed by atoms with Crippen LogP contribution in [0.2, 0.25) is 0 Å². The van der Waals surface area contributed by atoms with E-state index in [-0.39, 0.29) is 29.6 Å². The van der Waals surface area contributed by atoms with E-state index in [0.29, 0.717) is 6.54 Å². The number of aryl methyl sites for hydroxylation is 2. The molecule has 6 heteroatoms. The third-order valence-corrected chi connectivity index (χ3v) is 7.40. The highest BCUT2D eigenvalue weighted by molar-refractivity contribution is 7.91. The van der Waals surface area contributed by atoms with E-state index in [2.05, 4.69) is 6.92 Å². The van der Waals surface area contributed by atoms with Crippen LogP contribution in [0.15, 0.2) is 48.5 Å². The van der Waals surface area contributed by atoms with Crippen LogP contribution < -0.4 is 4.90 Å². The summed E-state index contributed by atoms with van der Waals surface area (Å²) in [4.78, 5) is 16.7. The molecule has 0 spiro atoms. The fraction of sp³-hybridized carbons (Fsp3) is 0.381. The van der Waals surface area contributed by atoms with Gasteiger partial charge in [0.05, 0.1) is 23.6 Å². The first kappa shape index (κ1) is 18.0. The molecule has 2 amide bonds. The van der Waals surface area contributed by atoms with Crippen molar-refractivity contribution in [3.63, 3.8) is 0 Å². The zero-order valence-corrected chi connectivity index (χ0v) is 16.4. The van der Waals surface area contributed by atoms with Gasteiger partial charge in [-0.3, -0.25) is 4.90 Å². The Kier molecular flexibility index (Phi) is 4.46. The molecule has 27 heavy (non-hydrogen) atoms. The predicted octanol–water partition coefficient (Wildman–Crippen LogP) is 3.17. The lowest BCUT2D eigenvalue weighted by molar-refractivity contribution is 0.205. The largest absolute Gasteiger partial charge is 0.325 e. The standard InChI is InChI=1S/C21H24N2O3S/c1-3-16-8-10-18(11-9-16)23-20-14-27(25,26)13-19(20)22(21(23)24)12-17-7-5-4-6-15(17)2/h4-11,19-20H,3,12-14H2,1-2H3. The molecule has 142 valence electrons. The molecule has 2 aromatic rings. The molecular formula is C21H24N2O3S. The number of hydrogen-bond acceptors (Lipinski definition) is 3. The normalized spacial score (nSPS) is 23.7. The number of benzene rings is 2.